The van der Waals surface area contributed by atoms with Crippen molar-refractivity contribution in [1.82, 2.24) is 29.3 Å². The SMILES string of the molecule is Cc1cc(F)c(C(=O)Nc2cccc(-c3nncn3[C@H](C)c3ccccc3)n2)cc1-n1cnc(C2CC2)c1. The van der Waals surface area contributed by atoms with E-state index < -0.39 is 11.7 Å². The number of aryl methyl sites for hydroxylation is 1. The van der Waals surface area contributed by atoms with Crippen molar-refractivity contribution in [2.24, 2.45) is 0 Å². The Kier molecular flexibility index (Phi) is 6.03. The van der Waals surface area contributed by atoms with Crippen LogP contribution in [-0.2, 0) is 0 Å². The predicted molar refractivity (Wildman–Crippen MR) is 142 cm³/mol. The molecule has 38 heavy (non-hydrogen) atoms. The number of amides is 1. The van der Waals surface area contributed by atoms with Gasteiger partial charge >= 0.3 is 0 Å². The molecule has 6 rings (SSSR count). The molecule has 1 aliphatic carbocycles. The highest BCUT2D eigenvalue weighted by Crippen LogP contribution is 2.39. The maximum Gasteiger partial charge on any atom is 0.259 e. The molecule has 0 aliphatic heterocycles. The summed E-state index contributed by atoms with van der Waals surface area (Å²) in [5.74, 6) is 0.163. The van der Waals surface area contributed by atoms with Crippen LogP contribution in [0.15, 0.2) is 79.5 Å². The predicted octanol–water partition coefficient (Wildman–Crippen LogP) is 5.71. The molecule has 0 bridgehead atoms. The van der Waals surface area contributed by atoms with E-state index in [4.69, 9.17) is 0 Å². The normalized spacial score (nSPS) is 13.9. The van der Waals surface area contributed by atoms with E-state index in [0.29, 0.717) is 28.7 Å². The van der Waals surface area contributed by atoms with Crippen molar-refractivity contribution in [3.8, 4) is 17.2 Å². The molecule has 9 heteroatoms. The standard InChI is InChI=1S/C29H26FN7O/c1-18-13-23(30)22(14-26(18)36-15-25(31-16-36)21-11-12-21)29(38)34-27-10-6-9-24(33-27)28-35-32-17-37(28)19(2)20-7-4-3-5-8-20/h3-10,13-17,19,21H,11-12H2,1-2H3,(H,33,34,38)/t19-/m1/s1. The number of nitrogens with zero attached hydrogens (tertiary/aromatic N) is 6. The van der Waals surface area contributed by atoms with E-state index in [1.165, 1.54) is 6.07 Å². The minimum Gasteiger partial charge on any atom is -0.306 e. The maximum atomic E-state index is 14.9. The van der Waals surface area contributed by atoms with Gasteiger partial charge in [-0.1, -0.05) is 36.4 Å². The summed E-state index contributed by atoms with van der Waals surface area (Å²) in [6.45, 7) is 3.87. The van der Waals surface area contributed by atoms with Gasteiger partial charge in [-0.15, -0.1) is 10.2 Å². The lowest BCUT2D eigenvalue weighted by atomic mass is 10.1. The fraction of sp³-hybridized carbons (Fsp3) is 0.207. The number of pyridine rings is 1. The quantitative estimate of drug-likeness (QED) is 0.305. The Labute approximate surface area is 219 Å². The number of carbonyl (C=O) groups excluding carboxylic acids is 1. The zero-order chi connectivity index (χ0) is 26.2. The topological polar surface area (TPSA) is 90.5 Å². The first kappa shape index (κ1) is 23.7. The van der Waals surface area contributed by atoms with Gasteiger partial charge in [-0.2, -0.15) is 0 Å². The van der Waals surface area contributed by atoms with Gasteiger partial charge in [-0.3, -0.25) is 4.79 Å². The molecule has 190 valence electrons. The molecule has 1 N–H and O–H groups in total. The van der Waals surface area contributed by atoms with Crippen LogP contribution in [0, 0.1) is 12.7 Å². The average Bonchev–Trinajstić information content (AvgIpc) is 3.45. The molecule has 0 unspecified atom stereocenters. The molecular formula is C29H26FN7O. The van der Waals surface area contributed by atoms with Crippen molar-refractivity contribution in [3.63, 3.8) is 0 Å². The minimum atomic E-state index is -0.598. The van der Waals surface area contributed by atoms with Gasteiger partial charge < -0.3 is 14.5 Å². The first-order valence-electron chi connectivity index (χ1n) is 12.6. The third kappa shape index (κ3) is 4.58. The van der Waals surface area contributed by atoms with E-state index in [9.17, 15) is 9.18 Å². The van der Waals surface area contributed by atoms with E-state index in [0.717, 1.165) is 24.1 Å². The Morgan fingerprint density at radius 1 is 1.08 bits per heavy atom. The van der Waals surface area contributed by atoms with E-state index in [1.807, 2.05) is 52.6 Å². The lowest BCUT2D eigenvalue weighted by molar-refractivity contribution is 0.102. The highest BCUT2D eigenvalue weighted by Gasteiger charge is 2.26. The fourth-order valence-corrected chi connectivity index (χ4v) is 4.59. The lowest BCUT2D eigenvalue weighted by Crippen LogP contribution is -2.16. The van der Waals surface area contributed by atoms with E-state index >= 15 is 0 Å². The first-order valence-corrected chi connectivity index (χ1v) is 12.6. The van der Waals surface area contributed by atoms with E-state index in [1.54, 1.807) is 36.9 Å². The molecule has 0 radical (unpaired) electrons. The summed E-state index contributed by atoms with van der Waals surface area (Å²) >= 11 is 0. The molecule has 0 saturated heterocycles. The average molecular weight is 508 g/mol. The van der Waals surface area contributed by atoms with Gasteiger partial charge in [0.05, 0.1) is 29.3 Å². The molecule has 2 aromatic carbocycles. The highest BCUT2D eigenvalue weighted by atomic mass is 19.1. The van der Waals surface area contributed by atoms with Crippen LogP contribution in [0.1, 0.15) is 58.9 Å². The molecular weight excluding hydrogens is 481 g/mol. The van der Waals surface area contributed by atoms with Gasteiger partial charge in [0.25, 0.3) is 5.91 Å². The smallest absolute Gasteiger partial charge is 0.259 e. The van der Waals surface area contributed by atoms with Crippen LogP contribution in [0.25, 0.3) is 17.2 Å². The monoisotopic (exact) mass is 507 g/mol. The Balaban J connectivity index is 1.26. The summed E-state index contributed by atoms with van der Waals surface area (Å²) in [5, 5.41) is 11.1. The Bertz CT molecular complexity index is 1620. The van der Waals surface area contributed by atoms with Crippen molar-refractivity contribution in [3.05, 3.63) is 108 Å². The Morgan fingerprint density at radius 3 is 2.68 bits per heavy atom. The summed E-state index contributed by atoms with van der Waals surface area (Å²) < 4.78 is 18.7. The van der Waals surface area contributed by atoms with Crippen LogP contribution in [0.4, 0.5) is 10.2 Å². The van der Waals surface area contributed by atoms with Gasteiger partial charge in [0, 0.05) is 12.1 Å². The van der Waals surface area contributed by atoms with Crippen LogP contribution in [-0.4, -0.2) is 35.2 Å². The molecule has 5 aromatic rings. The van der Waals surface area contributed by atoms with Crippen LogP contribution < -0.4 is 5.32 Å². The zero-order valence-electron chi connectivity index (χ0n) is 21.0. The number of nitrogens with one attached hydrogen (secondary N) is 1. The van der Waals surface area contributed by atoms with Crippen LogP contribution in [0.2, 0.25) is 0 Å². The number of hydrogen-bond donors (Lipinski definition) is 1. The summed E-state index contributed by atoms with van der Waals surface area (Å²) in [7, 11) is 0. The largest absolute Gasteiger partial charge is 0.306 e. The van der Waals surface area contributed by atoms with Crippen molar-refractivity contribution >= 4 is 11.7 Å². The maximum absolute atomic E-state index is 14.9. The number of benzene rings is 2. The number of imidazole rings is 1. The lowest BCUT2D eigenvalue weighted by Gasteiger charge is -2.16. The number of hydrogen-bond acceptors (Lipinski definition) is 5. The van der Waals surface area contributed by atoms with Crippen LogP contribution in [0.5, 0.6) is 0 Å². The van der Waals surface area contributed by atoms with Crippen molar-refractivity contribution < 1.29 is 9.18 Å². The number of anilines is 1. The Morgan fingerprint density at radius 2 is 1.89 bits per heavy atom. The van der Waals surface area contributed by atoms with Crippen molar-refractivity contribution in [2.45, 2.75) is 38.6 Å². The molecule has 3 heterocycles. The highest BCUT2D eigenvalue weighted by molar-refractivity contribution is 6.04. The van der Waals surface area contributed by atoms with Gasteiger partial charge in [-0.25, -0.2) is 14.4 Å². The van der Waals surface area contributed by atoms with E-state index in [2.05, 4.69) is 32.4 Å². The van der Waals surface area contributed by atoms with Gasteiger partial charge in [-0.05, 0) is 62.1 Å². The van der Waals surface area contributed by atoms with Crippen LogP contribution in [0.3, 0.4) is 0 Å². The second kappa shape index (κ2) is 9.66. The third-order valence-corrected chi connectivity index (χ3v) is 6.90. The molecule has 1 fully saturated rings. The summed E-state index contributed by atoms with van der Waals surface area (Å²) in [5.41, 5.74) is 4.02. The molecule has 3 aromatic heterocycles. The number of carbonyl (C=O) groups is 1. The molecule has 1 atom stereocenters. The first-order chi connectivity index (χ1) is 18.5. The van der Waals surface area contributed by atoms with E-state index in [-0.39, 0.29) is 17.4 Å². The summed E-state index contributed by atoms with van der Waals surface area (Å²) in [6.07, 6.45) is 7.61. The fourth-order valence-electron chi connectivity index (χ4n) is 4.59. The molecule has 1 amide bonds. The number of aromatic nitrogens is 6. The molecule has 1 aliphatic rings. The molecule has 1 saturated carbocycles. The minimum absolute atomic E-state index is 0.0232. The van der Waals surface area contributed by atoms with Crippen molar-refractivity contribution in [2.75, 3.05) is 5.32 Å². The third-order valence-electron chi connectivity index (χ3n) is 6.90. The number of halogens is 1. The Hall–Kier alpha value is -4.66. The van der Waals surface area contributed by atoms with Gasteiger partial charge in [0.15, 0.2) is 5.82 Å². The summed E-state index contributed by atoms with van der Waals surface area (Å²) in [6, 6.07) is 18.2. The zero-order valence-corrected chi connectivity index (χ0v) is 21.0. The second-order valence-electron chi connectivity index (χ2n) is 9.61. The molecule has 0 spiro atoms. The van der Waals surface area contributed by atoms with Crippen LogP contribution >= 0.6 is 0 Å². The van der Waals surface area contributed by atoms with Crippen molar-refractivity contribution in [1.29, 1.82) is 0 Å². The van der Waals surface area contributed by atoms with Gasteiger partial charge in [0.1, 0.15) is 23.7 Å². The second-order valence-corrected chi connectivity index (χ2v) is 9.61. The molecule has 8 nitrogen and oxygen atoms in total. The number of rotatable bonds is 7. The summed E-state index contributed by atoms with van der Waals surface area (Å²) in [4.78, 5) is 22.2. The van der Waals surface area contributed by atoms with Gasteiger partial charge in [0.2, 0.25) is 0 Å².